The summed E-state index contributed by atoms with van der Waals surface area (Å²) in [6, 6.07) is 11.3. The van der Waals surface area contributed by atoms with Gasteiger partial charge < -0.3 is 15.4 Å². The normalized spacial score (nSPS) is 14.1. The van der Waals surface area contributed by atoms with Crippen LogP contribution in [0.25, 0.3) is 10.8 Å². The zero-order valence-electron chi connectivity index (χ0n) is 19.1. The quantitative estimate of drug-likeness (QED) is 0.425. The van der Waals surface area contributed by atoms with E-state index in [-0.39, 0.29) is 23.3 Å². The minimum atomic E-state index is -0.368. The third-order valence-electron chi connectivity index (χ3n) is 6.10. The molecule has 0 unspecified atom stereocenters. The van der Waals surface area contributed by atoms with Crippen LogP contribution in [0.2, 0.25) is 0 Å². The minimum Gasteiger partial charge on any atom is -0.381 e. The van der Waals surface area contributed by atoms with Gasteiger partial charge in [0.1, 0.15) is 0 Å². The second-order valence-electron chi connectivity index (χ2n) is 8.39. The number of anilines is 1. The van der Waals surface area contributed by atoms with E-state index >= 15 is 0 Å². The van der Waals surface area contributed by atoms with Gasteiger partial charge in [0.05, 0.1) is 12.7 Å². The highest BCUT2D eigenvalue weighted by Gasteiger charge is 2.21. The lowest BCUT2D eigenvalue weighted by Crippen LogP contribution is -2.33. The van der Waals surface area contributed by atoms with E-state index in [0.717, 1.165) is 29.2 Å². The first-order chi connectivity index (χ1) is 17.2. The fourth-order valence-corrected chi connectivity index (χ4v) is 4.23. The molecule has 0 aliphatic carbocycles. The number of hydrogen-bond acceptors (Lipinski definition) is 7. The van der Waals surface area contributed by atoms with Crippen LogP contribution in [0, 0.1) is 5.92 Å². The predicted octanol–water partition coefficient (Wildman–Crippen LogP) is 2.68. The van der Waals surface area contributed by atoms with Crippen LogP contribution in [0.5, 0.6) is 0 Å². The first kappa shape index (κ1) is 22.6. The number of nitrogens with zero attached hydrogens (tertiary/aromatic N) is 5. The van der Waals surface area contributed by atoms with Crippen molar-refractivity contribution in [1.29, 1.82) is 0 Å². The van der Waals surface area contributed by atoms with Gasteiger partial charge in [0.15, 0.2) is 11.5 Å². The molecule has 35 heavy (non-hydrogen) atoms. The van der Waals surface area contributed by atoms with Crippen molar-refractivity contribution < 1.29 is 14.3 Å². The zero-order valence-corrected chi connectivity index (χ0v) is 19.1. The van der Waals surface area contributed by atoms with Crippen LogP contribution in [-0.4, -0.2) is 56.5 Å². The Morgan fingerprint density at radius 2 is 1.77 bits per heavy atom. The van der Waals surface area contributed by atoms with Gasteiger partial charge in [-0.2, -0.15) is 0 Å². The lowest BCUT2D eigenvalue weighted by molar-refractivity contribution is 0.0642. The van der Waals surface area contributed by atoms with E-state index in [1.807, 2.05) is 30.3 Å². The molecule has 1 saturated heterocycles. The number of fused-ring (bicyclic) bond motifs is 1. The average molecular weight is 472 g/mol. The molecule has 0 bridgehead atoms. The summed E-state index contributed by atoms with van der Waals surface area (Å²) in [5, 5.41) is 15.3. The first-order valence-corrected chi connectivity index (χ1v) is 11.5. The number of hydrogen-bond donors (Lipinski definition) is 2. The van der Waals surface area contributed by atoms with Gasteiger partial charge in [0.2, 0.25) is 0 Å². The highest BCUT2D eigenvalue weighted by Crippen LogP contribution is 2.25. The van der Waals surface area contributed by atoms with E-state index in [2.05, 4.69) is 30.9 Å². The number of nitrogens with one attached hydrogen (secondary N) is 2. The predicted molar refractivity (Wildman–Crippen MR) is 129 cm³/mol. The number of rotatable bonds is 7. The molecule has 4 aromatic rings. The van der Waals surface area contributed by atoms with Gasteiger partial charge in [-0.15, -0.1) is 5.10 Å². The molecule has 2 aromatic carbocycles. The van der Waals surface area contributed by atoms with Crippen molar-refractivity contribution in [3.05, 3.63) is 78.0 Å². The lowest BCUT2D eigenvalue weighted by Gasteiger charge is -2.22. The Bertz CT molecular complexity index is 1330. The van der Waals surface area contributed by atoms with Gasteiger partial charge in [-0.3, -0.25) is 9.59 Å². The maximum Gasteiger partial charge on any atom is 0.273 e. The molecule has 2 amide bonds. The summed E-state index contributed by atoms with van der Waals surface area (Å²) in [7, 11) is 0. The molecule has 5 rings (SSSR count). The van der Waals surface area contributed by atoms with Crippen molar-refractivity contribution in [3.63, 3.8) is 0 Å². The van der Waals surface area contributed by atoms with Gasteiger partial charge in [-0.25, -0.2) is 14.6 Å². The summed E-state index contributed by atoms with van der Waals surface area (Å²) in [6.07, 6.45) is 8.12. The molecule has 3 heterocycles. The number of aromatic nitrogens is 5. The maximum absolute atomic E-state index is 13.3. The topological polar surface area (TPSA) is 124 Å². The molecule has 0 atom stereocenters. The molecule has 0 radical (unpaired) electrons. The van der Waals surface area contributed by atoms with E-state index in [1.54, 1.807) is 23.1 Å². The Kier molecular flexibility index (Phi) is 6.71. The van der Waals surface area contributed by atoms with Crippen LogP contribution < -0.4 is 10.6 Å². The molecule has 1 fully saturated rings. The standard InChI is InChI=1S/C25H25N7O3/c33-24(21-6-5-18(16-32-12-11-29-31-32)19-3-1-2-4-20(19)21)30-23-22(26-9-10-27-23)25(34)28-15-17-7-13-35-14-8-17/h1-6,9-12,17H,7-8,13-16H2,(H,28,34)(H,27,30,33). The molecule has 178 valence electrons. The Morgan fingerprint density at radius 3 is 2.57 bits per heavy atom. The summed E-state index contributed by atoms with van der Waals surface area (Å²) >= 11 is 0. The third kappa shape index (κ3) is 5.17. The Morgan fingerprint density at radius 1 is 0.971 bits per heavy atom. The highest BCUT2D eigenvalue weighted by atomic mass is 16.5. The minimum absolute atomic E-state index is 0.0833. The summed E-state index contributed by atoms with van der Waals surface area (Å²) in [6.45, 7) is 2.48. The van der Waals surface area contributed by atoms with Crippen LogP contribution in [0.15, 0.2) is 61.2 Å². The molecule has 10 nitrogen and oxygen atoms in total. The number of carbonyl (C=O) groups excluding carboxylic acids is 2. The van der Waals surface area contributed by atoms with Gasteiger partial charge in [0, 0.05) is 43.9 Å². The highest BCUT2D eigenvalue weighted by molar-refractivity contribution is 6.14. The number of carbonyl (C=O) groups is 2. The van der Waals surface area contributed by atoms with Crippen molar-refractivity contribution in [2.24, 2.45) is 5.92 Å². The third-order valence-corrected chi connectivity index (χ3v) is 6.10. The van der Waals surface area contributed by atoms with Crippen molar-refractivity contribution in [1.82, 2.24) is 30.3 Å². The number of benzene rings is 2. The van der Waals surface area contributed by atoms with Crippen LogP contribution in [0.4, 0.5) is 5.82 Å². The molecular weight excluding hydrogens is 446 g/mol. The van der Waals surface area contributed by atoms with Crippen molar-refractivity contribution in [2.75, 3.05) is 25.1 Å². The SMILES string of the molecule is O=C(NCC1CCOCC1)c1nccnc1NC(=O)c1ccc(Cn2ccnn2)c2ccccc12. The molecular formula is C25H25N7O3. The zero-order chi connectivity index (χ0) is 24.0. The van der Waals surface area contributed by atoms with E-state index in [4.69, 9.17) is 4.74 Å². The average Bonchev–Trinajstić information content (AvgIpc) is 3.41. The van der Waals surface area contributed by atoms with Gasteiger partial charge in [0.25, 0.3) is 11.8 Å². The Balaban J connectivity index is 1.35. The molecule has 1 aliphatic heterocycles. The van der Waals surface area contributed by atoms with E-state index in [9.17, 15) is 9.59 Å². The van der Waals surface area contributed by atoms with Gasteiger partial charge in [-0.05, 0) is 41.2 Å². The molecule has 2 aromatic heterocycles. The number of ether oxygens (including phenoxy) is 1. The summed E-state index contributed by atoms with van der Waals surface area (Å²) in [4.78, 5) is 34.5. The fourth-order valence-electron chi connectivity index (χ4n) is 4.23. The van der Waals surface area contributed by atoms with Crippen LogP contribution in [-0.2, 0) is 11.3 Å². The monoisotopic (exact) mass is 471 g/mol. The molecule has 0 saturated carbocycles. The molecule has 2 N–H and O–H groups in total. The van der Waals surface area contributed by atoms with Crippen molar-refractivity contribution >= 4 is 28.4 Å². The van der Waals surface area contributed by atoms with Crippen LogP contribution >= 0.6 is 0 Å². The maximum atomic E-state index is 13.3. The second kappa shape index (κ2) is 10.4. The van der Waals surface area contributed by atoms with Crippen LogP contribution in [0.3, 0.4) is 0 Å². The summed E-state index contributed by atoms with van der Waals surface area (Å²) < 4.78 is 7.10. The van der Waals surface area contributed by atoms with Crippen molar-refractivity contribution in [2.45, 2.75) is 19.4 Å². The number of amides is 2. The van der Waals surface area contributed by atoms with E-state index < -0.39 is 0 Å². The largest absolute Gasteiger partial charge is 0.381 e. The second-order valence-corrected chi connectivity index (χ2v) is 8.39. The smallest absolute Gasteiger partial charge is 0.273 e. The van der Waals surface area contributed by atoms with Crippen molar-refractivity contribution in [3.8, 4) is 0 Å². The summed E-state index contributed by atoms with van der Waals surface area (Å²) in [5.41, 5.74) is 1.57. The van der Waals surface area contributed by atoms with Gasteiger partial charge in [-0.1, -0.05) is 35.5 Å². The molecule has 1 aliphatic rings. The Labute approximate surface area is 201 Å². The van der Waals surface area contributed by atoms with E-state index in [1.165, 1.54) is 12.4 Å². The van der Waals surface area contributed by atoms with Crippen LogP contribution in [0.1, 0.15) is 39.3 Å². The fraction of sp³-hybridized carbons (Fsp3) is 0.280. The molecule has 10 heteroatoms. The van der Waals surface area contributed by atoms with Gasteiger partial charge >= 0.3 is 0 Å². The lowest BCUT2D eigenvalue weighted by atomic mass is 9.99. The van der Waals surface area contributed by atoms with E-state index in [0.29, 0.717) is 37.8 Å². The molecule has 0 spiro atoms. The Hall–Kier alpha value is -4.18. The first-order valence-electron chi connectivity index (χ1n) is 11.5. The summed E-state index contributed by atoms with van der Waals surface area (Å²) in [5.74, 6) is -0.247.